The van der Waals surface area contributed by atoms with E-state index in [-0.39, 0.29) is 6.10 Å². The first kappa shape index (κ1) is 12.6. The first-order chi connectivity index (χ1) is 7.65. The summed E-state index contributed by atoms with van der Waals surface area (Å²) in [7, 11) is 1.90. The van der Waals surface area contributed by atoms with Gasteiger partial charge < -0.3 is 9.64 Å². The van der Waals surface area contributed by atoms with E-state index in [1.165, 1.54) is 0 Å². The number of carbonyl (C=O) groups excluding carboxylic acids is 1. The monoisotopic (exact) mass is 222 g/mol. The van der Waals surface area contributed by atoms with Crippen molar-refractivity contribution in [2.24, 2.45) is 0 Å². The van der Waals surface area contributed by atoms with Gasteiger partial charge in [-0.1, -0.05) is 0 Å². The number of nitrogens with zero attached hydrogens (tertiary/aromatic N) is 2. The van der Waals surface area contributed by atoms with Crippen LogP contribution in [0.4, 0.5) is 5.82 Å². The van der Waals surface area contributed by atoms with E-state index in [2.05, 4.69) is 4.98 Å². The largest absolute Gasteiger partial charge is 0.377 e. The van der Waals surface area contributed by atoms with Gasteiger partial charge in [0.05, 0.1) is 18.3 Å². The summed E-state index contributed by atoms with van der Waals surface area (Å²) in [4.78, 5) is 16.9. The van der Waals surface area contributed by atoms with Crippen LogP contribution in [0.25, 0.3) is 0 Å². The number of aromatic nitrogens is 1. The van der Waals surface area contributed by atoms with Gasteiger partial charge in [0.15, 0.2) is 6.29 Å². The van der Waals surface area contributed by atoms with Gasteiger partial charge in [-0.05, 0) is 26.0 Å². The Morgan fingerprint density at radius 2 is 2.31 bits per heavy atom. The number of carbonyl (C=O) groups is 1. The summed E-state index contributed by atoms with van der Waals surface area (Å²) in [6.45, 7) is 5.34. The maximum atomic E-state index is 10.8. The predicted molar refractivity (Wildman–Crippen MR) is 64.0 cm³/mol. The highest BCUT2D eigenvalue weighted by Crippen LogP contribution is 2.12. The van der Waals surface area contributed by atoms with Crippen molar-refractivity contribution in [3.05, 3.63) is 23.9 Å². The summed E-state index contributed by atoms with van der Waals surface area (Å²) < 4.78 is 5.45. The van der Waals surface area contributed by atoms with E-state index in [1.54, 1.807) is 18.3 Å². The molecular formula is C12H18N2O2. The average molecular weight is 222 g/mol. The lowest BCUT2D eigenvalue weighted by atomic mass is 10.2. The van der Waals surface area contributed by atoms with Crippen molar-refractivity contribution >= 4 is 12.1 Å². The number of anilines is 1. The van der Waals surface area contributed by atoms with Crippen LogP contribution in [0.1, 0.15) is 24.2 Å². The highest BCUT2D eigenvalue weighted by Gasteiger charge is 2.07. The number of rotatable bonds is 6. The summed E-state index contributed by atoms with van der Waals surface area (Å²) in [6, 6.07) is 3.51. The van der Waals surface area contributed by atoms with Gasteiger partial charge in [0, 0.05) is 19.8 Å². The molecule has 1 heterocycles. The van der Waals surface area contributed by atoms with Crippen molar-refractivity contribution in [1.29, 1.82) is 0 Å². The van der Waals surface area contributed by atoms with Gasteiger partial charge in [-0.25, -0.2) is 4.98 Å². The summed E-state index contributed by atoms with van der Waals surface area (Å²) in [5.74, 6) is 0.699. The van der Waals surface area contributed by atoms with E-state index >= 15 is 0 Å². The molecular weight excluding hydrogens is 204 g/mol. The van der Waals surface area contributed by atoms with Gasteiger partial charge in [0.2, 0.25) is 0 Å². The highest BCUT2D eigenvalue weighted by molar-refractivity contribution is 5.82. The van der Waals surface area contributed by atoms with E-state index in [9.17, 15) is 4.79 Å². The molecule has 0 radical (unpaired) electrons. The molecule has 0 N–H and O–H groups in total. The van der Waals surface area contributed by atoms with E-state index in [0.29, 0.717) is 18.0 Å². The Morgan fingerprint density at radius 1 is 1.56 bits per heavy atom. The molecule has 88 valence electrons. The molecule has 0 aliphatic carbocycles. The third kappa shape index (κ3) is 3.62. The smallest absolute Gasteiger partial charge is 0.153 e. The summed E-state index contributed by atoms with van der Waals surface area (Å²) in [6.07, 6.45) is 2.73. The van der Waals surface area contributed by atoms with Crippen LogP contribution in [0.15, 0.2) is 18.3 Å². The van der Waals surface area contributed by atoms with E-state index in [0.717, 1.165) is 12.8 Å². The Hall–Kier alpha value is -1.42. The van der Waals surface area contributed by atoms with Crippen LogP contribution in [0.2, 0.25) is 0 Å². The van der Waals surface area contributed by atoms with Crippen LogP contribution in [-0.2, 0) is 4.74 Å². The molecule has 16 heavy (non-hydrogen) atoms. The number of ether oxygens (including phenoxy) is 1. The molecule has 4 heteroatoms. The average Bonchev–Trinajstić information content (AvgIpc) is 2.28. The molecule has 1 rings (SSSR count). The lowest BCUT2D eigenvalue weighted by Crippen LogP contribution is -2.25. The van der Waals surface area contributed by atoms with E-state index < -0.39 is 0 Å². The van der Waals surface area contributed by atoms with Gasteiger partial charge in [0.1, 0.15) is 5.82 Å². The van der Waals surface area contributed by atoms with Crippen molar-refractivity contribution in [2.45, 2.75) is 20.0 Å². The summed E-state index contributed by atoms with van der Waals surface area (Å²) in [5, 5.41) is 0. The zero-order valence-corrected chi connectivity index (χ0v) is 10.0. The zero-order valence-electron chi connectivity index (χ0n) is 10.0. The number of aldehydes is 1. The fourth-order valence-electron chi connectivity index (χ4n) is 1.35. The minimum Gasteiger partial charge on any atom is -0.377 e. The number of hydrogen-bond acceptors (Lipinski definition) is 4. The Bertz CT molecular complexity index is 340. The Balaban J connectivity index is 2.58. The molecule has 0 unspecified atom stereocenters. The van der Waals surface area contributed by atoms with Crippen LogP contribution in [0.3, 0.4) is 0 Å². The molecule has 4 nitrogen and oxygen atoms in total. The SMILES string of the molecule is CC(C)OCCN(C)c1ncccc1C=O. The number of likely N-dealkylation sites (N-methyl/N-ethyl adjacent to an activating group) is 1. The number of pyridine rings is 1. The molecule has 0 saturated carbocycles. The maximum absolute atomic E-state index is 10.8. The fraction of sp³-hybridized carbons (Fsp3) is 0.500. The Morgan fingerprint density at radius 3 is 2.94 bits per heavy atom. The summed E-state index contributed by atoms with van der Waals surface area (Å²) in [5.41, 5.74) is 0.606. The lowest BCUT2D eigenvalue weighted by molar-refractivity contribution is 0.0845. The van der Waals surface area contributed by atoms with Crippen LogP contribution < -0.4 is 4.90 Å². The van der Waals surface area contributed by atoms with Gasteiger partial charge >= 0.3 is 0 Å². The van der Waals surface area contributed by atoms with Crippen molar-refractivity contribution in [3.63, 3.8) is 0 Å². The molecule has 0 atom stereocenters. The first-order valence-electron chi connectivity index (χ1n) is 5.38. The first-order valence-corrected chi connectivity index (χ1v) is 5.38. The molecule has 0 amide bonds. The fourth-order valence-corrected chi connectivity index (χ4v) is 1.35. The Kier molecular flexibility index (Phi) is 4.92. The second-order valence-electron chi connectivity index (χ2n) is 3.88. The molecule has 0 aromatic carbocycles. The second-order valence-corrected chi connectivity index (χ2v) is 3.88. The standard InChI is InChI=1S/C12H18N2O2/c1-10(2)16-8-7-14(3)12-11(9-15)5-4-6-13-12/h4-6,9-10H,7-8H2,1-3H3. The molecule has 0 saturated heterocycles. The summed E-state index contributed by atoms with van der Waals surface area (Å²) >= 11 is 0. The van der Waals surface area contributed by atoms with Crippen LogP contribution in [0, 0.1) is 0 Å². The minimum absolute atomic E-state index is 0.225. The van der Waals surface area contributed by atoms with Crippen LogP contribution in [-0.4, -0.2) is 37.6 Å². The van der Waals surface area contributed by atoms with Crippen molar-refractivity contribution in [1.82, 2.24) is 4.98 Å². The molecule has 0 aliphatic rings. The second kappa shape index (κ2) is 6.23. The maximum Gasteiger partial charge on any atom is 0.153 e. The van der Waals surface area contributed by atoms with Crippen molar-refractivity contribution < 1.29 is 9.53 Å². The van der Waals surface area contributed by atoms with Gasteiger partial charge in [-0.3, -0.25) is 4.79 Å². The predicted octanol–water partition coefficient (Wildman–Crippen LogP) is 1.76. The van der Waals surface area contributed by atoms with Gasteiger partial charge in [-0.2, -0.15) is 0 Å². The van der Waals surface area contributed by atoms with Gasteiger partial charge in [-0.15, -0.1) is 0 Å². The third-order valence-electron chi connectivity index (χ3n) is 2.18. The third-order valence-corrected chi connectivity index (χ3v) is 2.18. The van der Waals surface area contributed by atoms with Crippen molar-refractivity contribution in [2.75, 3.05) is 25.1 Å². The normalized spacial score (nSPS) is 10.5. The molecule has 0 spiro atoms. The molecule has 0 fully saturated rings. The number of hydrogen-bond donors (Lipinski definition) is 0. The van der Waals surface area contributed by atoms with Gasteiger partial charge in [0.25, 0.3) is 0 Å². The highest BCUT2D eigenvalue weighted by atomic mass is 16.5. The van der Waals surface area contributed by atoms with E-state index in [1.807, 2.05) is 25.8 Å². The zero-order chi connectivity index (χ0) is 12.0. The lowest BCUT2D eigenvalue weighted by Gasteiger charge is -2.20. The molecule has 1 aromatic heterocycles. The molecule has 0 bridgehead atoms. The van der Waals surface area contributed by atoms with Crippen molar-refractivity contribution in [3.8, 4) is 0 Å². The quantitative estimate of drug-likeness (QED) is 0.688. The van der Waals surface area contributed by atoms with Crippen LogP contribution in [0.5, 0.6) is 0 Å². The Labute approximate surface area is 96.2 Å². The molecule has 1 aromatic rings. The minimum atomic E-state index is 0.225. The molecule has 0 aliphatic heterocycles. The topological polar surface area (TPSA) is 42.4 Å². The van der Waals surface area contributed by atoms with Crippen LogP contribution >= 0.6 is 0 Å². The van der Waals surface area contributed by atoms with E-state index in [4.69, 9.17) is 4.74 Å².